The molecule has 2 N–H and O–H groups in total. The van der Waals surface area contributed by atoms with E-state index in [1.54, 1.807) is 6.07 Å². The van der Waals surface area contributed by atoms with Crippen LogP contribution in [0.3, 0.4) is 0 Å². The van der Waals surface area contributed by atoms with Gasteiger partial charge >= 0.3 is 0 Å². The Morgan fingerprint density at radius 3 is 2.53 bits per heavy atom. The highest BCUT2D eigenvalue weighted by atomic mass is 16.1. The fourth-order valence-electron chi connectivity index (χ4n) is 2.44. The molecule has 0 radical (unpaired) electrons. The Balaban J connectivity index is 2.35. The fourth-order valence-corrected chi connectivity index (χ4v) is 2.44. The molecule has 0 atom stereocenters. The minimum Gasteiger partial charge on any atom is -0.314 e. The number of nitrogens with zero attached hydrogens (tertiary/aromatic N) is 2. The molecule has 1 saturated heterocycles. The zero-order valence-corrected chi connectivity index (χ0v) is 12.3. The van der Waals surface area contributed by atoms with Crippen LogP contribution in [0.1, 0.15) is 45.1 Å². The summed E-state index contributed by atoms with van der Waals surface area (Å²) in [5, 5.41) is 3.35. The van der Waals surface area contributed by atoms with Gasteiger partial charge in [-0.1, -0.05) is 13.8 Å². The van der Waals surface area contributed by atoms with Crippen molar-refractivity contribution >= 4 is 0 Å². The summed E-state index contributed by atoms with van der Waals surface area (Å²) in [6.45, 7) is 12.3. The molecule has 2 heterocycles. The Morgan fingerprint density at radius 1 is 1.32 bits per heavy atom. The minimum atomic E-state index is -0.244. The topological polar surface area (TPSA) is 61.0 Å². The third-order valence-electron chi connectivity index (χ3n) is 3.84. The Labute approximate surface area is 114 Å². The monoisotopic (exact) mass is 264 g/mol. The maximum Gasteiger partial charge on any atom is 0.251 e. The molecule has 0 bridgehead atoms. The van der Waals surface area contributed by atoms with Gasteiger partial charge in [0.15, 0.2) is 0 Å². The summed E-state index contributed by atoms with van der Waals surface area (Å²) in [6.07, 6.45) is 0. The Kier molecular flexibility index (Phi) is 4.06. The normalized spacial score (nSPS) is 17.9. The summed E-state index contributed by atoms with van der Waals surface area (Å²) >= 11 is 0. The van der Waals surface area contributed by atoms with E-state index in [-0.39, 0.29) is 17.0 Å². The van der Waals surface area contributed by atoms with Crippen LogP contribution in [0.4, 0.5) is 0 Å². The van der Waals surface area contributed by atoms with Crippen molar-refractivity contribution in [3.8, 4) is 0 Å². The van der Waals surface area contributed by atoms with E-state index in [0.29, 0.717) is 0 Å². The molecule has 19 heavy (non-hydrogen) atoms. The van der Waals surface area contributed by atoms with Crippen LogP contribution in [0.5, 0.6) is 0 Å². The summed E-state index contributed by atoms with van der Waals surface area (Å²) < 4.78 is 0. The lowest BCUT2D eigenvalue weighted by atomic mass is 9.99. The fraction of sp³-hybridized carbons (Fsp3) is 0.714. The van der Waals surface area contributed by atoms with Gasteiger partial charge in [-0.3, -0.25) is 9.69 Å². The van der Waals surface area contributed by atoms with Gasteiger partial charge in [0.2, 0.25) is 0 Å². The lowest BCUT2D eigenvalue weighted by molar-refractivity contribution is 0.0943. The van der Waals surface area contributed by atoms with Crippen molar-refractivity contribution in [1.29, 1.82) is 0 Å². The van der Waals surface area contributed by atoms with Crippen molar-refractivity contribution in [2.24, 2.45) is 0 Å². The third kappa shape index (κ3) is 3.04. The molecule has 1 aromatic rings. The van der Waals surface area contributed by atoms with Gasteiger partial charge in [0.1, 0.15) is 5.82 Å². The molecule has 0 aliphatic carbocycles. The molecular formula is C14H24N4O. The van der Waals surface area contributed by atoms with Gasteiger partial charge in [0.05, 0.1) is 11.2 Å². The highest BCUT2D eigenvalue weighted by Crippen LogP contribution is 2.25. The van der Waals surface area contributed by atoms with Gasteiger partial charge in [-0.05, 0) is 19.8 Å². The minimum absolute atomic E-state index is 0.0584. The third-order valence-corrected chi connectivity index (χ3v) is 3.84. The lowest BCUT2D eigenvalue weighted by Crippen LogP contribution is -2.52. The van der Waals surface area contributed by atoms with E-state index in [4.69, 9.17) is 0 Å². The van der Waals surface area contributed by atoms with E-state index in [1.165, 1.54) is 0 Å². The van der Waals surface area contributed by atoms with Crippen molar-refractivity contribution in [3.05, 3.63) is 27.9 Å². The number of hydrogen-bond acceptors (Lipinski definition) is 4. The van der Waals surface area contributed by atoms with Gasteiger partial charge in [0, 0.05) is 32.2 Å². The van der Waals surface area contributed by atoms with Crippen LogP contribution in [-0.4, -0.2) is 41.0 Å². The summed E-state index contributed by atoms with van der Waals surface area (Å²) in [4.78, 5) is 21.8. The van der Waals surface area contributed by atoms with Crippen molar-refractivity contribution in [2.45, 2.75) is 39.2 Å². The maximum absolute atomic E-state index is 11.8. The average molecular weight is 264 g/mol. The lowest BCUT2D eigenvalue weighted by Gasteiger charge is -2.40. The molecule has 1 fully saturated rings. The number of rotatable bonds is 3. The van der Waals surface area contributed by atoms with Gasteiger partial charge in [0.25, 0.3) is 5.56 Å². The first kappa shape index (κ1) is 14.2. The Bertz CT molecular complexity index is 486. The zero-order chi connectivity index (χ0) is 14.0. The van der Waals surface area contributed by atoms with Gasteiger partial charge < -0.3 is 10.3 Å². The van der Waals surface area contributed by atoms with Crippen molar-refractivity contribution in [2.75, 3.05) is 26.2 Å². The number of piperazine rings is 1. The molecule has 2 rings (SSSR count). The van der Waals surface area contributed by atoms with E-state index in [0.717, 1.165) is 37.7 Å². The van der Waals surface area contributed by atoms with Crippen LogP contribution in [0.2, 0.25) is 0 Å². The molecule has 106 valence electrons. The second-order valence-corrected chi connectivity index (χ2v) is 5.97. The molecule has 0 amide bonds. The number of aromatic amines is 1. The maximum atomic E-state index is 11.8. The van der Waals surface area contributed by atoms with Crippen molar-refractivity contribution in [1.82, 2.24) is 20.2 Å². The molecule has 1 aromatic heterocycles. The van der Waals surface area contributed by atoms with Crippen LogP contribution >= 0.6 is 0 Å². The van der Waals surface area contributed by atoms with Gasteiger partial charge in [-0.25, -0.2) is 4.98 Å². The van der Waals surface area contributed by atoms with Crippen LogP contribution in [-0.2, 0) is 5.54 Å². The molecule has 0 unspecified atom stereocenters. The van der Waals surface area contributed by atoms with E-state index in [9.17, 15) is 4.79 Å². The number of H-pyrrole nitrogens is 1. The molecule has 0 saturated carbocycles. The SMILES string of the molecule is CC(C)c1cc(=O)[nH]c(C(C)(C)N2CCNCC2)n1. The summed E-state index contributed by atoms with van der Waals surface area (Å²) in [6, 6.07) is 1.60. The highest BCUT2D eigenvalue weighted by Gasteiger charge is 2.32. The Morgan fingerprint density at radius 2 is 1.95 bits per heavy atom. The van der Waals surface area contributed by atoms with E-state index < -0.39 is 0 Å². The van der Waals surface area contributed by atoms with E-state index >= 15 is 0 Å². The number of aromatic nitrogens is 2. The zero-order valence-electron chi connectivity index (χ0n) is 12.3. The summed E-state index contributed by atoms with van der Waals surface area (Å²) in [5.41, 5.74) is 0.561. The van der Waals surface area contributed by atoms with Crippen molar-refractivity contribution in [3.63, 3.8) is 0 Å². The van der Waals surface area contributed by atoms with Crippen molar-refractivity contribution < 1.29 is 0 Å². The standard InChI is InChI=1S/C14H24N4O/c1-10(2)11-9-12(19)17-13(16-11)14(3,4)18-7-5-15-6-8-18/h9-10,15H,5-8H2,1-4H3,(H,16,17,19). The summed E-state index contributed by atoms with van der Waals surface area (Å²) in [5.74, 6) is 1.03. The quantitative estimate of drug-likeness (QED) is 0.856. The molecule has 5 heteroatoms. The molecule has 0 spiro atoms. The van der Waals surface area contributed by atoms with Crippen LogP contribution in [0.15, 0.2) is 10.9 Å². The molecule has 1 aliphatic rings. The molecule has 1 aliphatic heterocycles. The second kappa shape index (κ2) is 5.43. The molecular weight excluding hydrogens is 240 g/mol. The smallest absolute Gasteiger partial charge is 0.251 e. The summed E-state index contributed by atoms with van der Waals surface area (Å²) in [7, 11) is 0. The number of nitrogens with one attached hydrogen (secondary N) is 2. The van der Waals surface area contributed by atoms with Gasteiger partial charge in [-0.2, -0.15) is 0 Å². The van der Waals surface area contributed by atoms with Crippen LogP contribution < -0.4 is 10.9 Å². The first-order valence-corrected chi connectivity index (χ1v) is 6.99. The predicted octanol–water partition coefficient (Wildman–Crippen LogP) is 1.03. The predicted molar refractivity (Wildman–Crippen MR) is 76.4 cm³/mol. The second-order valence-electron chi connectivity index (χ2n) is 5.97. The molecule has 5 nitrogen and oxygen atoms in total. The van der Waals surface area contributed by atoms with E-state index in [1.807, 2.05) is 0 Å². The average Bonchev–Trinajstić information content (AvgIpc) is 2.39. The molecule has 0 aromatic carbocycles. The van der Waals surface area contributed by atoms with Crippen LogP contribution in [0.25, 0.3) is 0 Å². The van der Waals surface area contributed by atoms with Gasteiger partial charge in [-0.15, -0.1) is 0 Å². The van der Waals surface area contributed by atoms with E-state index in [2.05, 4.69) is 47.9 Å². The first-order chi connectivity index (χ1) is 8.91. The largest absolute Gasteiger partial charge is 0.314 e. The van der Waals surface area contributed by atoms with Crippen LogP contribution in [0, 0.1) is 0 Å². The first-order valence-electron chi connectivity index (χ1n) is 6.99. The number of hydrogen-bond donors (Lipinski definition) is 2. The Hall–Kier alpha value is -1.20. The highest BCUT2D eigenvalue weighted by molar-refractivity contribution is 5.12.